The summed E-state index contributed by atoms with van der Waals surface area (Å²) in [4.78, 5) is 23.2. The average molecular weight is 351 g/mol. The lowest BCUT2D eigenvalue weighted by molar-refractivity contribution is -0.384. The fraction of sp³-hybridized carbons (Fsp3) is 0.105. The lowest BCUT2D eigenvalue weighted by atomic mass is 10.1. The number of para-hydroxylation sites is 2. The first kappa shape index (κ1) is 17.2. The molecule has 0 unspecified atom stereocenters. The first-order valence-corrected chi connectivity index (χ1v) is 8.05. The summed E-state index contributed by atoms with van der Waals surface area (Å²) in [5, 5.41) is 12.9. The molecule has 132 valence electrons. The Kier molecular flexibility index (Phi) is 4.98. The van der Waals surface area contributed by atoms with Crippen LogP contribution in [-0.2, 0) is 0 Å². The molecule has 3 rings (SSSR count). The summed E-state index contributed by atoms with van der Waals surface area (Å²) in [5.74, 6) is 0.00501. The molecule has 3 aromatic rings. The number of fused-ring (bicyclic) bond motifs is 1. The van der Waals surface area contributed by atoms with Crippen LogP contribution in [0.2, 0.25) is 0 Å². The number of hydrazine groups is 1. The first-order valence-electron chi connectivity index (χ1n) is 8.05. The van der Waals surface area contributed by atoms with Gasteiger partial charge in [0.25, 0.3) is 11.6 Å². The van der Waals surface area contributed by atoms with Gasteiger partial charge in [0, 0.05) is 6.07 Å². The number of hydrogen-bond donors (Lipinski definition) is 2. The zero-order valence-electron chi connectivity index (χ0n) is 14.1. The van der Waals surface area contributed by atoms with Gasteiger partial charge in [-0.25, -0.2) is 0 Å². The standard InChI is InChI=1S/C19H17N3O4/c1-2-26-18-12-14-8-4-3-7-13(14)11-15(18)19(23)21-20-16-9-5-6-10-17(16)22(24)25/h3-12,20H,2H2,1H3,(H,21,23). The van der Waals surface area contributed by atoms with Gasteiger partial charge in [0.2, 0.25) is 0 Å². The Morgan fingerprint density at radius 3 is 2.42 bits per heavy atom. The third-order valence-electron chi connectivity index (χ3n) is 3.80. The Labute approximate surface area is 149 Å². The van der Waals surface area contributed by atoms with Crippen molar-refractivity contribution in [2.45, 2.75) is 6.92 Å². The van der Waals surface area contributed by atoms with Gasteiger partial charge in [-0.3, -0.25) is 25.8 Å². The number of amides is 1. The van der Waals surface area contributed by atoms with Crippen LogP contribution in [0.25, 0.3) is 10.8 Å². The third-order valence-corrected chi connectivity index (χ3v) is 3.80. The Balaban J connectivity index is 1.88. The van der Waals surface area contributed by atoms with E-state index in [0.29, 0.717) is 17.9 Å². The summed E-state index contributed by atoms with van der Waals surface area (Å²) in [6.07, 6.45) is 0. The smallest absolute Gasteiger partial charge is 0.294 e. The average Bonchev–Trinajstić information content (AvgIpc) is 2.66. The highest BCUT2D eigenvalue weighted by atomic mass is 16.6. The van der Waals surface area contributed by atoms with E-state index in [-0.39, 0.29) is 11.4 Å². The number of benzene rings is 3. The van der Waals surface area contributed by atoms with Crippen molar-refractivity contribution < 1.29 is 14.5 Å². The summed E-state index contributed by atoms with van der Waals surface area (Å²) >= 11 is 0. The van der Waals surface area contributed by atoms with Crippen LogP contribution in [0.4, 0.5) is 11.4 Å². The monoisotopic (exact) mass is 351 g/mol. The van der Waals surface area contributed by atoms with Crippen LogP contribution in [0.5, 0.6) is 5.75 Å². The van der Waals surface area contributed by atoms with E-state index in [0.717, 1.165) is 10.8 Å². The van der Waals surface area contributed by atoms with Crippen LogP contribution in [0.3, 0.4) is 0 Å². The van der Waals surface area contributed by atoms with Crippen LogP contribution in [-0.4, -0.2) is 17.4 Å². The maximum atomic E-state index is 12.6. The van der Waals surface area contributed by atoms with Gasteiger partial charge in [0.05, 0.1) is 17.1 Å². The van der Waals surface area contributed by atoms with Gasteiger partial charge >= 0.3 is 0 Å². The molecule has 0 atom stereocenters. The summed E-state index contributed by atoms with van der Waals surface area (Å²) in [5.41, 5.74) is 5.53. The number of nitro groups is 1. The molecule has 2 N–H and O–H groups in total. The second-order valence-corrected chi connectivity index (χ2v) is 5.48. The van der Waals surface area contributed by atoms with Crippen LogP contribution >= 0.6 is 0 Å². The first-order chi connectivity index (χ1) is 12.6. The van der Waals surface area contributed by atoms with Crippen molar-refractivity contribution >= 4 is 28.1 Å². The molecule has 0 fully saturated rings. The Morgan fingerprint density at radius 2 is 1.73 bits per heavy atom. The summed E-state index contributed by atoms with van der Waals surface area (Å²) in [6, 6.07) is 17.2. The molecule has 0 aliphatic heterocycles. The Bertz CT molecular complexity index is 972. The summed E-state index contributed by atoms with van der Waals surface area (Å²) < 4.78 is 5.58. The maximum absolute atomic E-state index is 12.6. The molecule has 3 aromatic carbocycles. The van der Waals surface area contributed by atoms with Gasteiger partial charge in [-0.1, -0.05) is 36.4 Å². The zero-order valence-corrected chi connectivity index (χ0v) is 14.1. The van der Waals surface area contributed by atoms with Crippen molar-refractivity contribution in [2.24, 2.45) is 0 Å². The molecule has 0 saturated carbocycles. The number of carbonyl (C=O) groups excluding carboxylic acids is 1. The minimum Gasteiger partial charge on any atom is -0.493 e. The fourth-order valence-electron chi connectivity index (χ4n) is 2.60. The largest absolute Gasteiger partial charge is 0.493 e. The highest BCUT2D eigenvalue weighted by Gasteiger charge is 2.16. The lowest BCUT2D eigenvalue weighted by Gasteiger charge is -2.13. The number of rotatable bonds is 6. The molecule has 0 heterocycles. The number of anilines is 1. The molecular formula is C19H17N3O4. The molecule has 0 bridgehead atoms. The molecule has 1 amide bonds. The molecule has 0 aromatic heterocycles. The number of nitro benzene ring substituents is 1. The van der Waals surface area contributed by atoms with Crippen molar-refractivity contribution in [3.05, 3.63) is 76.3 Å². The van der Waals surface area contributed by atoms with Gasteiger partial charge < -0.3 is 4.74 Å². The van der Waals surface area contributed by atoms with Crippen molar-refractivity contribution in [1.29, 1.82) is 0 Å². The van der Waals surface area contributed by atoms with Gasteiger partial charge in [-0.15, -0.1) is 0 Å². The van der Waals surface area contributed by atoms with Crippen LogP contribution in [0, 0.1) is 10.1 Å². The minimum atomic E-state index is -0.518. The van der Waals surface area contributed by atoms with Crippen molar-refractivity contribution in [2.75, 3.05) is 12.0 Å². The SMILES string of the molecule is CCOc1cc2ccccc2cc1C(=O)NNc1ccccc1[N+](=O)[O-]. The normalized spacial score (nSPS) is 10.3. The van der Waals surface area contributed by atoms with Gasteiger partial charge in [0.15, 0.2) is 0 Å². The van der Waals surface area contributed by atoms with E-state index in [1.54, 1.807) is 24.3 Å². The van der Waals surface area contributed by atoms with E-state index in [1.807, 2.05) is 31.2 Å². The molecular weight excluding hydrogens is 334 g/mol. The molecule has 7 heteroatoms. The second-order valence-electron chi connectivity index (χ2n) is 5.48. The summed E-state index contributed by atoms with van der Waals surface area (Å²) in [7, 11) is 0. The van der Waals surface area contributed by atoms with Crippen molar-refractivity contribution in [1.82, 2.24) is 5.43 Å². The molecule has 7 nitrogen and oxygen atoms in total. The number of ether oxygens (including phenoxy) is 1. The highest BCUT2D eigenvalue weighted by Crippen LogP contribution is 2.27. The Hall–Kier alpha value is -3.61. The molecule has 0 aliphatic carbocycles. The second kappa shape index (κ2) is 7.52. The number of carbonyl (C=O) groups is 1. The molecule has 0 saturated heterocycles. The zero-order chi connectivity index (χ0) is 18.5. The van der Waals surface area contributed by atoms with E-state index in [1.165, 1.54) is 12.1 Å². The van der Waals surface area contributed by atoms with Crippen molar-refractivity contribution in [3.63, 3.8) is 0 Å². The predicted molar refractivity (Wildman–Crippen MR) is 99.3 cm³/mol. The molecule has 0 radical (unpaired) electrons. The Morgan fingerprint density at radius 1 is 1.08 bits per heavy atom. The number of hydrogen-bond acceptors (Lipinski definition) is 5. The van der Waals surface area contributed by atoms with Gasteiger partial charge in [-0.05, 0) is 35.9 Å². The van der Waals surface area contributed by atoms with E-state index in [9.17, 15) is 14.9 Å². The van der Waals surface area contributed by atoms with E-state index in [4.69, 9.17) is 4.74 Å². The van der Waals surface area contributed by atoms with E-state index in [2.05, 4.69) is 10.9 Å². The van der Waals surface area contributed by atoms with Gasteiger partial charge in [0.1, 0.15) is 11.4 Å². The lowest BCUT2D eigenvalue weighted by Crippen LogP contribution is -2.30. The van der Waals surface area contributed by atoms with Gasteiger partial charge in [-0.2, -0.15) is 0 Å². The quantitative estimate of drug-likeness (QED) is 0.519. The van der Waals surface area contributed by atoms with Crippen LogP contribution in [0.15, 0.2) is 60.7 Å². The summed E-state index contributed by atoms with van der Waals surface area (Å²) in [6.45, 7) is 2.25. The highest BCUT2D eigenvalue weighted by molar-refractivity contribution is 6.02. The van der Waals surface area contributed by atoms with Crippen molar-refractivity contribution in [3.8, 4) is 5.75 Å². The maximum Gasteiger partial charge on any atom is 0.294 e. The predicted octanol–water partition coefficient (Wildman–Crippen LogP) is 3.90. The number of nitrogens with zero attached hydrogens (tertiary/aromatic N) is 1. The van der Waals surface area contributed by atoms with E-state index >= 15 is 0 Å². The molecule has 26 heavy (non-hydrogen) atoms. The fourth-order valence-corrected chi connectivity index (χ4v) is 2.60. The minimum absolute atomic E-state index is 0.128. The van der Waals surface area contributed by atoms with E-state index < -0.39 is 10.8 Å². The topological polar surface area (TPSA) is 93.5 Å². The van der Waals surface area contributed by atoms with Crippen LogP contribution < -0.4 is 15.6 Å². The third kappa shape index (κ3) is 3.56. The van der Waals surface area contributed by atoms with Crippen LogP contribution in [0.1, 0.15) is 17.3 Å². The number of nitrogens with one attached hydrogen (secondary N) is 2. The molecule has 0 aliphatic rings. The molecule has 0 spiro atoms.